The van der Waals surface area contributed by atoms with Gasteiger partial charge in [-0.05, 0) is 43.7 Å². The molecular formula is C23H21F6N5OS. The Bertz CT molecular complexity index is 1560. The lowest BCUT2D eigenvalue weighted by Gasteiger charge is -2.15. The first kappa shape index (κ1) is 24.7. The fourth-order valence-electron chi connectivity index (χ4n) is 4.59. The van der Waals surface area contributed by atoms with E-state index >= 15 is 0 Å². The van der Waals surface area contributed by atoms with E-state index < -0.39 is 35.5 Å². The fraction of sp³-hybridized carbons (Fsp3) is 0.435. The summed E-state index contributed by atoms with van der Waals surface area (Å²) in [6, 6.07) is 3.41. The number of pyridine rings is 1. The van der Waals surface area contributed by atoms with Crippen LogP contribution < -0.4 is 5.56 Å². The SMILES string of the molecule is CCSc1cc2c(cc1-c1nc3cc(C(F)(F)F)n(C4CC4)c(=O)c3n1C)nc(C(F)(F)F)n2CC. The molecule has 0 N–H and O–H groups in total. The molecule has 0 amide bonds. The molecule has 1 aromatic carbocycles. The van der Waals surface area contributed by atoms with Gasteiger partial charge in [-0.25, -0.2) is 9.97 Å². The van der Waals surface area contributed by atoms with Crippen LogP contribution in [0.4, 0.5) is 26.3 Å². The maximum Gasteiger partial charge on any atom is 0.449 e. The number of fused-ring (bicyclic) bond motifs is 2. The Labute approximate surface area is 204 Å². The topological polar surface area (TPSA) is 57.6 Å². The van der Waals surface area contributed by atoms with Crippen LogP contribution in [-0.4, -0.2) is 29.4 Å². The van der Waals surface area contributed by atoms with Crippen molar-refractivity contribution >= 4 is 33.8 Å². The van der Waals surface area contributed by atoms with E-state index in [0.29, 0.717) is 34.6 Å². The van der Waals surface area contributed by atoms with Crippen LogP contribution in [0.15, 0.2) is 27.9 Å². The van der Waals surface area contributed by atoms with Gasteiger partial charge in [-0.2, -0.15) is 26.3 Å². The summed E-state index contributed by atoms with van der Waals surface area (Å²) in [6.07, 6.45) is -8.44. The third-order valence-corrected chi connectivity index (χ3v) is 7.18. The van der Waals surface area contributed by atoms with Gasteiger partial charge in [0.05, 0.1) is 16.6 Å². The van der Waals surface area contributed by atoms with Crippen LogP contribution in [0.5, 0.6) is 0 Å². The van der Waals surface area contributed by atoms with Crippen molar-refractivity contribution in [1.29, 1.82) is 0 Å². The number of imidazole rings is 2. The van der Waals surface area contributed by atoms with E-state index in [1.165, 1.54) is 29.4 Å². The van der Waals surface area contributed by atoms with E-state index in [4.69, 9.17) is 0 Å². The quantitative estimate of drug-likeness (QED) is 0.226. The van der Waals surface area contributed by atoms with Crippen molar-refractivity contribution in [1.82, 2.24) is 23.7 Å². The van der Waals surface area contributed by atoms with Gasteiger partial charge in [-0.1, -0.05) is 6.92 Å². The van der Waals surface area contributed by atoms with Crippen molar-refractivity contribution in [2.75, 3.05) is 5.75 Å². The Morgan fingerprint density at radius 1 is 1.00 bits per heavy atom. The van der Waals surface area contributed by atoms with Gasteiger partial charge in [0.1, 0.15) is 17.0 Å². The maximum absolute atomic E-state index is 13.8. The number of nitrogens with zero attached hydrogens (tertiary/aromatic N) is 5. The highest BCUT2D eigenvalue weighted by Crippen LogP contribution is 2.41. The summed E-state index contributed by atoms with van der Waals surface area (Å²) in [5, 5.41) is 0. The molecule has 0 radical (unpaired) electrons. The second-order valence-corrected chi connectivity index (χ2v) is 9.92. The normalized spacial score (nSPS) is 14.9. The Morgan fingerprint density at radius 3 is 2.25 bits per heavy atom. The average Bonchev–Trinajstić information content (AvgIpc) is 3.46. The lowest BCUT2D eigenvalue weighted by atomic mass is 10.2. The minimum atomic E-state index is -4.74. The monoisotopic (exact) mass is 529 g/mol. The van der Waals surface area contributed by atoms with Crippen LogP contribution in [0.25, 0.3) is 33.5 Å². The van der Waals surface area contributed by atoms with Crippen LogP contribution in [-0.2, 0) is 25.9 Å². The molecule has 0 aliphatic heterocycles. The van der Waals surface area contributed by atoms with Gasteiger partial charge in [0, 0.05) is 30.1 Å². The van der Waals surface area contributed by atoms with Crippen LogP contribution in [0, 0.1) is 0 Å². The van der Waals surface area contributed by atoms with E-state index in [-0.39, 0.29) is 28.9 Å². The van der Waals surface area contributed by atoms with Crippen molar-refractivity contribution in [3.63, 3.8) is 0 Å². The maximum atomic E-state index is 13.8. The van der Waals surface area contributed by atoms with E-state index in [1.54, 1.807) is 13.0 Å². The zero-order valence-corrected chi connectivity index (χ0v) is 20.3. The summed E-state index contributed by atoms with van der Waals surface area (Å²) in [7, 11) is 1.52. The molecule has 3 heterocycles. The summed E-state index contributed by atoms with van der Waals surface area (Å²) < 4.78 is 85.4. The van der Waals surface area contributed by atoms with Gasteiger partial charge in [-0.15, -0.1) is 11.8 Å². The van der Waals surface area contributed by atoms with Gasteiger partial charge >= 0.3 is 12.4 Å². The molecule has 36 heavy (non-hydrogen) atoms. The predicted octanol–water partition coefficient (Wildman–Crippen LogP) is 6.26. The minimum absolute atomic E-state index is 0.00696. The van der Waals surface area contributed by atoms with Crippen LogP contribution in [0.3, 0.4) is 0 Å². The lowest BCUT2D eigenvalue weighted by Crippen LogP contribution is -2.28. The molecule has 4 aromatic rings. The van der Waals surface area contributed by atoms with Crippen LogP contribution in [0.2, 0.25) is 0 Å². The number of thioether (sulfide) groups is 1. The molecule has 0 atom stereocenters. The molecule has 13 heteroatoms. The molecule has 3 aromatic heterocycles. The fourth-order valence-corrected chi connectivity index (χ4v) is 5.40. The Kier molecular flexibility index (Phi) is 5.69. The third kappa shape index (κ3) is 3.87. The number of hydrogen-bond donors (Lipinski definition) is 0. The first-order valence-electron chi connectivity index (χ1n) is 11.3. The van der Waals surface area contributed by atoms with Gasteiger partial charge in [0.25, 0.3) is 5.56 Å². The number of aromatic nitrogens is 5. The van der Waals surface area contributed by atoms with Crippen molar-refractivity contribution in [2.45, 2.75) is 56.5 Å². The number of hydrogen-bond acceptors (Lipinski definition) is 4. The van der Waals surface area contributed by atoms with Crippen molar-refractivity contribution < 1.29 is 26.3 Å². The molecule has 1 fully saturated rings. The molecule has 0 bridgehead atoms. The Balaban J connectivity index is 1.80. The van der Waals surface area contributed by atoms with Gasteiger partial charge in [0.15, 0.2) is 0 Å². The standard InChI is InChI=1S/C23H21F6N5OS/c1-4-33-15-10-16(36-5-2)12(8-13(15)31-21(33)23(27,28)29)19-30-14-9-17(22(24,25)26)34(11-6-7-11)20(35)18(14)32(19)3/h8-11H,4-7H2,1-3H3. The molecule has 1 aliphatic rings. The number of rotatable bonds is 5. The number of halogens is 6. The van der Waals surface area contributed by atoms with Crippen molar-refractivity contribution in [3.05, 3.63) is 40.1 Å². The summed E-state index contributed by atoms with van der Waals surface area (Å²) >= 11 is 1.36. The summed E-state index contributed by atoms with van der Waals surface area (Å²) in [6.45, 7) is 3.51. The van der Waals surface area contributed by atoms with E-state index in [2.05, 4.69) is 9.97 Å². The molecule has 0 unspecified atom stereocenters. The molecule has 0 spiro atoms. The van der Waals surface area contributed by atoms with Gasteiger partial charge in [0.2, 0.25) is 5.82 Å². The largest absolute Gasteiger partial charge is 0.449 e. The molecule has 5 rings (SSSR count). The third-order valence-electron chi connectivity index (χ3n) is 6.24. The zero-order chi connectivity index (χ0) is 26.2. The molecule has 6 nitrogen and oxygen atoms in total. The second-order valence-electron chi connectivity index (χ2n) is 8.61. The summed E-state index contributed by atoms with van der Waals surface area (Å²) in [4.78, 5) is 22.0. The highest BCUT2D eigenvalue weighted by molar-refractivity contribution is 7.99. The Hall–Kier alpha value is -2.96. The van der Waals surface area contributed by atoms with Crippen LogP contribution in [0.1, 0.15) is 44.2 Å². The molecule has 1 aliphatic carbocycles. The van der Waals surface area contributed by atoms with E-state index in [9.17, 15) is 31.1 Å². The highest BCUT2D eigenvalue weighted by atomic mass is 32.2. The molecular weight excluding hydrogens is 508 g/mol. The number of aryl methyl sites for hydroxylation is 2. The van der Waals surface area contributed by atoms with Crippen molar-refractivity contribution in [3.8, 4) is 11.4 Å². The smallest absolute Gasteiger partial charge is 0.323 e. The Morgan fingerprint density at radius 2 is 1.69 bits per heavy atom. The van der Waals surface area contributed by atoms with Crippen molar-refractivity contribution in [2.24, 2.45) is 7.05 Å². The number of alkyl halides is 6. The average molecular weight is 530 g/mol. The van der Waals surface area contributed by atoms with Crippen LogP contribution >= 0.6 is 11.8 Å². The lowest BCUT2D eigenvalue weighted by molar-refractivity contribution is -0.147. The summed E-state index contributed by atoms with van der Waals surface area (Å²) in [5.41, 5.74) is -1.19. The zero-order valence-electron chi connectivity index (χ0n) is 19.5. The molecule has 0 saturated heterocycles. The molecule has 1 saturated carbocycles. The molecule has 192 valence electrons. The minimum Gasteiger partial charge on any atom is -0.323 e. The first-order valence-corrected chi connectivity index (χ1v) is 12.3. The predicted molar refractivity (Wildman–Crippen MR) is 124 cm³/mol. The summed E-state index contributed by atoms with van der Waals surface area (Å²) in [5.74, 6) is -0.264. The highest BCUT2D eigenvalue weighted by Gasteiger charge is 2.41. The number of benzene rings is 1. The van der Waals surface area contributed by atoms with E-state index in [0.717, 1.165) is 15.2 Å². The second kappa shape index (κ2) is 8.29. The van der Waals surface area contributed by atoms with Gasteiger partial charge in [-0.3, -0.25) is 9.36 Å². The first-order chi connectivity index (χ1) is 16.9. The van der Waals surface area contributed by atoms with E-state index in [1.807, 2.05) is 6.92 Å². The van der Waals surface area contributed by atoms with Gasteiger partial charge < -0.3 is 9.13 Å².